The summed E-state index contributed by atoms with van der Waals surface area (Å²) in [6.07, 6.45) is 39.8. The number of ether oxygens (including phenoxy) is 2. The van der Waals surface area contributed by atoms with Gasteiger partial charge in [-0.15, -0.1) is 0 Å². The minimum atomic E-state index is -4.71. The lowest BCUT2D eigenvalue weighted by molar-refractivity contribution is -0.161. The Morgan fingerprint density at radius 2 is 0.964 bits per heavy atom. The maximum atomic E-state index is 12.6. The second-order valence-corrected chi connectivity index (χ2v) is 16.3. The molecule has 3 unspecified atom stereocenters. The summed E-state index contributed by atoms with van der Waals surface area (Å²) in [4.78, 5) is 45.8. The molecule has 0 saturated carbocycles. The van der Waals surface area contributed by atoms with Crippen LogP contribution in [-0.2, 0) is 37.5 Å². The van der Waals surface area contributed by atoms with E-state index >= 15 is 0 Å². The first kappa shape index (κ1) is 53.0. The van der Waals surface area contributed by atoms with Gasteiger partial charge in [0.05, 0.1) is 13.2 Å². The average Bonchev–Trinajstić information content (AvgIpc) is 3.16. The van der Waals surface area contributed by atoms with Crippen LogP contribution in [0, 0.1) is 0 Å². The van der Waals surface area contributed by atoms with Crippen molar-refractivity contribution in [3.05, 3.63) is 24.3 Å². The van der Waals surface area contributed by atoms with E-state index in [-0.39, 0.29) is 19.4 Å². The zero-order valence-corrected chi connectivity index (χ0v) is 35.7. The zero-order valence-electron chi connectivity index (χ0n) is 34.8. The number of phosphoric ester groups is 1. The summed E-state index contributed by atoms with van der Waals surface area (Å²) in [6.45, 7) is 2.76. The fourth-order valence-electron chi connectivity index (χ4n) is 5.98. The van der Waals surface area contributed by atoms with Gasteiger partial charge in [-0.2, -0.15) is 0 Å². The maximum Gasteiger partial charge on any atom is 0.472 e. The van der Waals surface area contributed by atoms with Crippen molar-refractivity contribution in [1.29, 1.82) is 0 Å². The van der Waals surface area contributed by atoms with Crippen LogP contribution in [0.2, 0.25) is 0 Å². The number of rotatable bonds is 41. The predicted octanol–water partition coefficient (Wildman–Crippen LogP) is 11.5. The molecule has 55 heavy (non-hydrogen) atoms. The first-order chi connectivity index (χ1) is 26.6. The summed E-state index contributed by atoms with van der Waals surface area (Å²) >= 11 is 0. The van der Waals surface area contributed by atoms with E-state index < -0.39 is 51.1 Å². The monoisotopic (exact) mass is 802 g/mol. The molecule has 0 aliphatic carbocycles. The molecule has 322 valence electrons. The highest BCUT2D eigenvalue weighted by Crippen LogP contribution is 2.43. The standard InChI is InChI=1S/C43H80NO10P/c1-3-5-7-9-11-13-14-15-16-17-18-19-20-21-22-23-24-25-26-27-29-31-33-35-42(46)54-39(37-52-55(49,50)53-38-40(44)43(47)48)36-51-41(45)34-32-30-28-12-10-8-6-4-2/h14-15,17-18,39-40H,3-13,16,19-38,44H2,1-2H3,(H,47,48)(H,49,50)/b15-14-,18-17-. The van der Waals surface area contributed by atoms with Crippen molar-refractivity contribution in [3.8, 4) is 0 Å². The van der Waals surface area contributed by atoms with Crippen LogP contribution in [0.4, 0.5) is 0 Å². The number of nitrogens with two attached hydrogens (primary N) is 1. The van der Waals surface area contributed by atoms with Crippen molar-refractivity contribution in [2.75, 3.05) is 19.8 Å². The summed E-state index contributed by atoms with van der Waals surface area (Å²) in [7, 11) is -4.71. The molecule has 0 fully saturated rings. The molecule has 0 spiro atoms. The van der Waals surface area contributed by atoms with Gasteiger partial charge in [-0.05, 0) is 44.9 Å². The van der Waals surface area contributed by atoms with Crippen LogP contribution in [0.25, 0.3) is 0 Å². The SMILES string of the molecule is CCCCCCC/C=C\C/C=C\CCCCCCCCCCCCCC(=O)OC(COC(=O)CCCCCCCCCC)COP(=O)(O)OCC(N)C(=O)O. The number of aliphatic carboxylic acids is 1. The van der Waals surface area contributed by atoms with E-state index in [1.54, 1.807) is 0 Å². The lowest BCUT2D eigenvalue weighted by Gasteiger charge is -2.20. The van der Waals surface area contributed by atoms with Crippen molar-refractivity contribution in [2.24, 2.45) is 5.73 Å². The number of carboxylic acids is 1. The van der Waals surface area contributed by atoms with Gasteiger partial charge in [-0.1, -0.05) is 167 Å². The van der Waals surface area contributed by atoms with Gasteiger partial charge in [0.1, 0.15) is 12.6 Å². The van der Waals surface area contributed by atoms with E-state index in [4.69, 9.17) is 24.8 Å². The Labute approximate surface area is 334 Å². The largest absolute Gasteiger partial charge is 0.480 e. The number of hydrogen-bond acceptors (Lipinski definition) is 9. The van der Waals surface area contributed by atoms with Gasteiger partial charge in [0, 0.05) is 12.8 Å². The normalized spacial score (nSPS) is 14.0. The van der Waals surface area contributed by atoms with Crippen molar-refractivity contribution in [1.82, 2.24) is 0 Å². The fraction of sp³-hybridized carbons (Fsp3) is 0.837. The van der Waals surface area contributed by atoms with E-state index in [0.717, 1.165) is 44.9 Å². The molecule has 0 amide bonds. The molecule has 0 saturated heterocycles. The fourth-order valence-corrected chi connectivity index (χ4v) is 6.76. The van der Waals surface area contributed by atoms with Gasteiger partial charge in [0.2, 0.25) is 0 Å². The van der Waals surface area contributed by atoms with Gasteiger partial charge in [0.15, 0.2) is 6.10 Å². The number of carbonyl (C=O) groups is 3. The Morgan fingerprint density at radius 1 is 0.564 bits per heavy atom. The number of unbranched alkanes of at least 4 members (excludes halogenated alkanes) is 23. The molecule has 0 aromatic rings. The van der Waals surface area contributed by atoms with Crippen molar-refractivity contribution < 1.29 is 47.5 Å². The quantitative estimate of drug-likeness (QED) is 0.0232. The second kappa shape index (κ2) is 38.8. The first-order valence-corrected chi connectivity index (χ1v) is 23.4. The van der Waals surface area contributed by atoms with Gasteiger partial charge in [0.25, 0.3) is 0 Å². The molecular formula is C43H80NO10P. The molecule has 11 nitrogen and oxygen atoms in total. The number of carbonyl (C=O) groups excluding carboxylic acids is 2. The molecule has 0 aliphatic heterocycles. The topological polar surface area (TPSA) is 172 Å². The highest BCUT2D eigenvalue weighted by Gasteiger charge is 2.28. The molecule has 0 radical (unpaired) electrons. The maximum absolute atomic E-state index is 12.6. The summed E-state index contributed by atoms with van der Waals surface area (Å²) < 4.78 is 32.6. The Balaban J connectivity index is 4.19. The summed E-state index contributed by atoms with van der Waals surface area (Å²) in [5.41, 5.74) is 5.32. The molecule has 0 aromatic heterocycles. The van der Waals surface area contributed by atoms with Crippen LogP contribution in [0.3, 0.4) is 0 Å². The van der Waals surface area contributed by atoms with E-state index in [9.17, 15) is 23.8 Å². The molecule has 12 heteroatoms. The van der Waals surface area contributed by atoms with Crippen LogP contribution >= 0.6 is 7.82 Å². The molecular weight excluding hydrogens is 721 g/mol. The van der Waals surface area contributed by atoms with Crippen LogP contribution in [0.1, 0.15) is 200 Å². The van der Waals surface area contributed by atoms with Crippen LogP contribution < -0.4 is 5.73 Å². The third-order valence-corrected chi connectivity index (χ3v) is 10.4. The zero-order chi connectivity index (χ0) is 40.7. The van der Waals surface area contributed by atoms with E-state index in [1.807, 2.05) is 0 Å². The number of carboxylic acid groups (broad SMARTS) is 1. The third-order valence-electron chi connectivity index (χ3n) is 9.45. The van der Waals surface area contributed by atoms with Gasteiger partial charge in [-0.25, -0.2) is 4.57 Å². The van der Waals surface area contributed by atoms with E-state index in [2.05, 4.69) is 42.7 Å². The third kappa shape index (κ3) is 38.6. The molecule has 4 N–H and O–H groups in total. The Kier molecular flexibility index (Phi) is 37.4. The minimum Gasteiger partial charge on any atom is -0.480 e. The molecule has 3 atom stereocenters. The minimum absolute atomic E-state index is 0.161. The highest BCUT2D eigenvalue weighted by molar-refractivity contribution is 7.47. The van der Waals surface area contributed by atoms with Crippen LogP contribution in [-0.4, -0.2) is 59.9 Å². The highest BCUT2D eigenvalue weighted by atomic mass is 31.2. The predicted molar refractivity (Wildman–Crippen MR) is 222 cm³/mol. The summed E-state index contributed by atoms with van der Waals surface area (Å²) in [5.74, 6) is -2.38. The second-order valence-electron chi connectivity index (χ2n) is 14.8. The van der Waals surface area contributed by atoms with Gasteiger partial charge >= 0.3 is 25.7 Å². The van der Waals surface area contributed by atoms with E-state index in [1.165, 1.54) is 116 Å². The molecule has 0 aliphatic rings. The van der Waals surface area contributed by atoms with Crippen molar-refractivity contribution >= 4 is 25.7 Å². The van der Waals surface area contributed by atoms with Crippen LogP contribution in [0.5, 0.6) is 0 Å². The van der Waals surface area contributed by atoms with Crippen molar-refractivity contribution in [3.63, 3.8) is 0 Å². The summed E-state index contributed by atoms with van der Waals surface area (Å²) in [6, 6.07) is -1.52. The van der Waals surface area contributed by atoms with Crippen molar-refractivity contribution in [2.45, 2.75) is 212 Å². The molecule has 0 rings (SSSR count). The number of hydrogen-bond donors (Lipinski definition) is 3. The molecule has 0 aromatic carbocycles. The smallest absolute Gasteiger partial charge is 0.472 e. The Hall–Kier alpha value is -2.04. The summed E-state index contributed by atoms with van der Waals surface area (Å²) in [5, 5.41) is 8.87. The van der Waals surface area contributed by atoms with Crippen LogP contribution in [0.15, 0.2) is 24.3 Å². The number of allylic oxidation sites excluding steroid dienone is 4. The average molecular weight is 802 g/mol. The number of esters is 2. The van der Waals surface area contributed by atoms with E-state index in [0.29, 0.717) is 12.8 Å². The Bertz CT molecular complexity index is 1040. The van der Waals surface area contributed by atoms with Gasteiger partial charge in [-0.3, -0.25) is 23.4 Å². The lowest BCUT2D eigenvalue weighted by atomic mass is 10.0. The van der Waals surface area contributed by atoms with Gasteiger partial charge < -0.3 is 25.2 Å². The molecule has 0 bridgehead atoms. The molecule has 0 heterocycles. The number of phosphoric acid groups is 1. The first-order valence-electron chi connectivity index (χ1n) is 21.9. The lowest BCUT2D eigenvalue weighted by Crippen LogP contribution is -2.34. The Morgan fingerprint density at radius 3 is 1.42 bits per heavy atom.